The minimum absolute atomic E-state index is 0.0491. The third kappa shape index (κ3) is 2.42. The maximum absolute atomic E-state index is 14.7. The number of carbonyl (C=O) groups is 1. The summed E-state index contributed by atoms with van der Waals surface area (Å²) < 4.78 is 21.4. The Balaban J connectivity index is 1.72. The lowest BCUT2D eigenvalue weighted by Crippen LogP contribution is -2.44. The molecule has 0 unspecified atom stereocenters. The average Bonchev–Trinajstić information content (AvgIpc) is 3.14. The van der Waals surface area contributed by atoms with E-state index in [-0.39, 0.29) is 42.1 Å². The molecule has 8 heteroatoms. The van der Waals surface area contributed by atoms with Gasteiger partial charge in [0.2, 0.25) is 0 Å². The summed E-state index contributed by atoms with van der Waals surface area (Å²) in [5.74, 6) is -1.15. The lowest BCUT2D eigenvalue weighted by Gasteiger charge is -2.33. The lowest BCUT2D eigenvalue weighted by molar-refractivity contribution is -0.172. The number of cyclic esters (lactones) is 1. The fraction of sp³-hybridized carbons (Fsp3) is 0.400. The Labute approximate surface area is 188 Å². The Morgan fingerprint density at radius 3 is 2.70 bits per heavy atom. The van der Waals surface area contributed by atoms with Gasteiger partial charge in [-0.1, -0.05) is 6.92 Å². The summed E-state index contributed by atoms with van der Waals surface area (Å²) in [6.07, 6.45) is 1.01. The molecule has 7 nitrogen and oxygen atoms in total. The van der Waals surface area contributed by atoms with E-state index in [1.165, 1.54) is 10.6 Å². The second-order valence-corrected chi connectivity index (χ2v) is 9.55. The lowest BCUT2D eigenvalue weighted by atomic mass is 9.76. The highest BCUT2D eigenvalue weighted by atomic mass is 19.1. The molecule has 0 radical (unpaired) electrons. The van der Waals surface area contributed by atoms with Crippen molar-refractivity contribution < 1.29 is 24.1 Å². The van der Waals surface area contributed by atoms with Crippen LogP contribution in [0, 0.1) is 12.7 Å². The fourth-order valence-corrected chi connectivity index (χ4v) is 5.79. The van der Waals surface area contributed by atoms with Crippen molar-refractivity contribution >= 4 is 16.9 Å². The summed E-state index contributed by atoms with van der Waals surface area (Å²) in [6.45, 7) is 5.11. The van der Waals surface area contributed by atoms with Crippen LogP contribution in [0.3, 0.4) is 0 Å². The molecule has 2 N–H and O–H groups in total. The van der Waals surface area contributed by atoms with Crippen LogP contribution >= 0.6 is 0 Å². The van der Waals surface area contributed by atoms with Crippen LogP contribution in [0.2, 0.25) is 0 Å². The number of hydrogen-bond acceptors (Lipinski definition) is 6. The summed E-state index contributed by atoms with van der Waals surface area (Å²) >= 11 is 0. The molecule has 0 spiro atoms. The van der Waals surface area contributed by atoms with E-state index in [0.717, 1.165) is 10.9 Å². The number of aliphatic hydroxyl groups is 2. The van der Waals surface area contributed by atoms with Gasteiger partial charge in [0.1, 0.15) is 12.4 Å². The van der Waals surface area contributed by atoms with Crippen molar-refractivity contribution in [1.82, 2.24) is 9.55 Å². The number of aryl methyl sites for hydroxylation is 1. The van der Waals surface area contributed by atoms with E-state index in [2.05, 4.69) is 0 Å². The number of nitrogens with zero attached hydrogens (tertiary/aromatic N) is 2. The summed E-state index contributed by atoms with van der Waals surface area (Å²) in [5, 5.41) is 23.2. The van der Waals surface area contributed by atoms with Gasteiger partial charge < -0.3 is 19.5 Å². The molecule has 0 amide bonds. The van der Waals surface area contributed by atoms with Crippen LogP contribution in [-0.4, -0.2) is 25.7 Å². The first kappa shape index (κ1) is 20.5. The zero-order valence-electron chi connectivity index (χ0n) is 18.6. The summed E-state index contributed by atoms with van der Waals surface area (Å²) in [6, 6.07) is 3.00. The van der Waals surface area contributed by atoms with Crippen molar-refractivity contribution in [3.05, 3.63) is 61.7 Å². The first-order valence-corrected chi connectivity index (χ1v) is 11.1. The van der Waals surface area contributed by atoms with Crippen molar-refractivity contribution in [3.63, 3.8) is 0 Å². The number of esters is 1. The van der Waals surface area contributed by atoms with E-state index in [0.29, 0.717) is 46.4 Å². The van der Waals surface area contributed by atoms with Crippen LogP contribution in [0.25, 0.3) is 22.3 Å². The number of benzene rings is 1. The molecule has 0 fully saturated rings. The second kappa shape index (κ2) is 6.27. The number of rotatable bonds is 1. The number of ether oxygens (including phenoxy) is 1. The molecule has 3 aromatic rings. The van der Waals surface area contributed by atoms with E-state index < -0.39 is 17.2 Å². The number of aromatic nitrogens is 2. The van der Waals surface area contributed by atoms with Gasteiger partial charge in [0, 0.05) is 28.1 Å². The average molecular weight is 450 g/mol. The van der Waals surface area contributed by atoms with Crippen molar-refractivity contribution in [2.75, 3.05) is 0 Å². The van der Waals surface area contributed by atoms with Crippen LogP contribution in [0.1, 0.15) is 60.1 Å². The van der Waals surface area contributed by atoms with Gasteiger partial charge in [-0.25, -0.2) is 14.2 Å². The third-order valence-electron chi connectivity index (χ3n) is 7.70. The van der Waals surface area contributed by atoms with E-state index in [9.17, 15) is 24.2 Å². The number of hydrogen-bond donors (Lipinski definition) is 2. The van der Waals surface area contributed by atoms with E-state index in [1.54, 1.807) is 26.8 Å². The standard InChI is InChI=1S/C25H23FN2O5/c1-4-25(32)15-7-18-21-13(9-28(18)22(29)14(15)10-33-23(25)30)20-19-12(5-6-24(20,3)31)11(2)16(26)8-17(19)27-21/h7-8,31-32H,4-6,9-10H2,1-3H3/t24-,25-/m0/s1. The maximum Gasteiger partial charge on any atom is 0.343 e. The van der Waals surface area contributed by atoms with Crippen LogP contribution < -0.4 is 5.56 Å². The largest absolute Gasteiger partial charge is 0.458 e. The quantitative estimate of drug-likeness (QED) is 0.433. The smallest absolute Gasteiger partial charge is 0.343 e. The topological polar surface area (TPSA) is 102 Å². The zero-order chi connectivity index (χ0) is 23.4. The Kier molecular flexibility index (Phi) is 3.90. The van der Waals surface area contributed by atoms with E-state index >= 15 is 0 Å². The Morgan fingerprint density at radius 2 is 1.97 bits per heavy atom. The molecule has 0 saturated heterocycles. The Hall–Kier alpha value is -3.10. The van der Waals surface area contributed by atoms with E-state index in [4.69, 9.17) is 9.72 Å². The number of fused-ring (bicyclic) bond motifs is 5. The van der Waals surface area contributed by atoms with Gasteiger partial charge in [-0.3, -0.25) is 4.79 Å². The van der Waals surface area contributed by atoms with Gasteiger partial charge in [0.15, 0.2) is 5.60 Å². The Bertz CT molecular complexity index is 1490. The number of halogens is 1. The van der Waals surface area contributed by atoms with Crippen molar-refractivity contribution in [3.8, 4) is 11.4 Å². The molecule has 1 aliphatic carbocycles. The van der Waals surface area contributed by atoms with Gasteiger partial charge in [-0.2, -0.15) is 0 Å². The van der Waals surface area contributed by atoms with Gasteiger partial charge in [-0.05, 0) is 50.3 Å². The molecule has 2 aromatic heterocycles. The summed E-state index contributed by atoms with van der Waals surface area (Å²) in [7, 11) is 0. The number of carbonyl (C=O) groups excluding carboxylic acids is 1. The molecule has 0 saturated carbocycles. The molecule has 1 aromatic carbocycles. The van der Waals surface area contributed by atoms with Crippen LogP contribution in [-0.2, 0) is 40.3 Å². The van der Waals surface area contributed by atoms with Gasteiger partial charge >= 0.3 is 5.97 Å². The van der Waals surface area contributed by atoms with Crippen molar-refractivity contribution in [1.29, 1.82) is 0 Å². The van der Waals surface area contributed by atoms with Gasteiger partial charge in [-0.15, -0.1) is 0 Å². The molecule has 0 bridgehead atoms. The second-order valence-electron chi connectivity index (χ2n) is 9.55. The molecule has 33 heavy (non-hydrogen) atoms. The van der Waals surface area contributed by atoms with Gasteiger partial charge in [0.05, 0.1) is 34.6 Å². The third-order valence-corrected chi connectivity index (χ3v) is 7.70. The summed E-state index contributed by atoms with van der Waals surface area (Å²) in [5.41, 5.74) is 1.11. The molecule has 2 atom stereocenters. The SMILES string of the molecule is CC[C@@]1(O)C(=O)OCc2c1cc1n(c2=O)Cc2c-1nc1cc(F)c(C)c3c1c2[C@@](C)(O)CC3. The molecular formula is C25H23FN2O5. The molecule has 2 aliphatic heterocycles. The highest BCUT2D eigenvalue weighted by molar-refractivity contribution is 5.93. The van der Waals surface area contributed by atoms with Gasteiger partial charge in [0.25, 0.3) is 5.56 Å². The summed E-state index contributed by atoms with van der Waals surface area (Å²) in [4.78, 5) is 30.6. The molecule has 170 valence electrons. The highest BCUT2D eigenvalue weighted by Crippen LogP contribution is 2.47. The van der Waals surface area contributed by atoms with Crippen molar-refractivity contribution in [2.45, 2.75) is 64.4 Å². The first-order valence-electron chi connectivity index (χ1n) is 11.1. The maximum atomic E-state index is 14.7. The highest BCUT2D eigenvalue weighted by Gasteiger charge is 2.46. The molecule has 6 rings (SSSR count). The first-order chi connectivity index (χ1) is 15.6. The molecule has 4 heterocycles. The minimum atomic E-state index is -1.92. The monoisotopic (exact) mass is 450 g/mol. The van der Waals surface area contributed by atoms with Crippen LogP contribution in [0.5, 0.6) is 0 Å². The molecule has 3 aliphatic rings. The van der Waals surface area contributed by atoms with E-state index in [1.807, 2.05) is 0 Å². The van der Waals surface area contributed by atoms with Crippen LogP contribution in [0.4, 0.5) is 4.39 Å². The fourth-order valence-electron chi connectivity index (χ4n) is 5.79. The zero-order valence-corrected chi connectivity index (χ0v) is 18.6. The normalized spacial score (nSPS) is 25.0. The molecular weight excluding hydrogens is 427 g/mol. The predicted octanol–water partition coefficient (Wildman–Crippen LogP) is 2.68. The minimum Gasteiger partial charge on any atom is -0.458 e. The number of pyridine rings is 2. The Morgan fingerprint density at radius 1 is 1.21 bits per heavy atom. The van der Waals surface area contributed by atoms with Crippen LogP contribution in [0.15, 0.2) is 16.9 Å². The van der Waals surface area contributed by atoms with Crippen molar-refractivity contribution in [2.24, 2.45) is 0 Å². The predicted molar refractivity (Wildman–Crippen MR) is 117 cm³/mol.